The van der Waals surface area contributed by atoms with Gasteiger partial charge in [0.05, 0.1) is 5.69 Å². The van der Waals surface area contributed by atoms with Crippen LogP contribution in [0.5, 0.6) is 0 Å². The topological polar surface area (TPSA) is 60.1 Å². The van der Waals surface area contributed by atoms with Crippen LogP contribution < -0.4 is 11.1 Å². The number of hydrogen-bond donors (Lipinski definition) is 2. The number of amides is 1. The fourth-order valence-corrected chi connectivity index (χ4v) is 2.12. The van der Waals surface area contributed by atoms with E-state index in [1.54, 1.807) is 12.3 Å². The van der Waals surface area contributed by atoms with Crippen molar-refractivity contribution in [2.24, 2.45) is 0 Å². The molecule has 2 aromatic rings. The molecule has 0 atom stereocenters. The first-order valence-corrected chi connectivity index (χ1v) is 6.50. The van der Waals surface area contributed by atoms with E-state index in [2.05, 4.69) is 12.2 Å². The van der Waals surface area contributed by atoms with E-state index in [1.165, 1.54) is 0 Å². The zero-order chi connectivity index (χ0) is 13.8. The number of carbonyl (C=O) groups is 1. The molecule has 1 aromatic carbocycles. The number of benzene rings is 1. The maximum Gasteiger partial charge on any atom is 0.272 e. The largest absolute Gasteiger partial charge is 0.397 e. The summed E-state index contributed by atoms with van der Waals surface area (Å²) in [4.78, 5) is 12.3. The second-order valence-corrected chi connectivity index (χ2v) is 4.41. The molecule has 0 spiro atoms. The van der Waals surface area contributed by atoms with Crippen LogP contribution >= 0.6 is 0 Å². The van der Waals surface area contributed by atoms with E-state index in [4.69, 9.17) is 5.73 Å². The van der Waals surface area contributed by atoms with Gasteiger partial charge in [-0.25, -0.2) is 0 Å². The highest BCUT2D eigenvalue weighted by atomic mass is 16.1. The van der Waals surface area contributed by atoms with Crippen molar-refractivity contribution in [3.05, 3.63) is 47.8 Å². The Morgan fingerprint density at radius 2 is 2.05 bits per heavy atom. The number of nitrogens with one attached hydrogen (secondary N) is 1. The van der Waals surface area contributed by atoms with Crippen LogP contribution in [0.15, 0.2) is 36.5 Å². The molecule has 1 amide bonds. The number of nitrogens with two attached hydrogens (primary N) is 1. The van der Waals surface area contributed by atoms with Gasteiger partial charge in [-0.05, 0) is 31.0 Å². The minimum atomic E-state index is -0.126. The fraction of sp³-hybridized carbons (Fsp3) is 0.267. The van der Waals surface area contributed by atoms with Gasteiger partial charge in [-0.2, -0.15) is 0 Å². The summed E-state index contributed by atoms with van der Waals surface area (Å²) < 4.78 is 1.85. The Labute approximate surface area is 113 Å². The molecular weight excluding hydrogens is 238 g/mol. The summed E-state index contributed by atoms with van der Waals surface area (Å²) in [5, 5.41) is 2.95. The molecule has 0 bridgehead atoms. The quantitative estimate of drug-likeness (QED) is 0.884. The van der Waals surface area contributed by atoms with Crippen LogP contribution in [0, 0.1) is 0 Å². The Bertz CT molecular complexity index is 587. The molecular formula is C15H19N3O. The number of anilines is 2. The van der Waals surface area contributed by atoms with Crippen LogP contribution in [0.1, 0.15) is 29.9 Å². The van der Waals surface area contributed by atoms with Gasteiger partial charge in [0.2, 0.25) is 0 Å². The van der Waals surface area contributed by atoms with E-state index < -0.39 is 0 Å². The van der Waals surface area contributed by atoms with Crippen molar-refractivity contribution in [1.29, 1.82) is 0 Å². The van der Waals surface area contributed by atoms with Gasteiger partial charge >= 0.3 is 0 Å². The maximum absolute atomic E-state index is 12.3. The number of aryl methyl sites for hydroxylation is 2. The molecule has 0 saturated carbocycles. The number of hydrogen-bond acceptors (Lipinski definition) is 2. The average molecular weight is 257 g/mol. The van der Waals surface area contributed by atoms with Gasteiger partial charge < -0.3 is 15.6 Å². The van der Waals surface area contributed by atoms with E-state index in [0.717, 1.165) is 24.2 Å². The SMILES string of the molecule is CCc1ccccc1NC(=O)c1cc(N)cn1CC. The highest BCUT2D eigenvalue weighted by Crippen LogP contribution is 2.18. The summed E-state index contributed by atoms with van der Waals surface area (Å²) in [6, 6.07) is 9.53. The van der Waals surface area contributed by atoms with Gasteiger partial charge in [0.15, 0.2) is 0 Å². The molecule has 0 aliphatic rings. The molecule has 0 fully saturated rings. The zero-order valence-electron chi connectivity index (χ0n) is 11.3. The van der Waals surface area contributed by atoms with Crippen molar-refractivity contribution in [2.45, 2.75) is 26.8 Å². The summed E-state index contributed by atoms with van der Waals surface area (Å²) >= 11 is 0. The molecule has 0 saturated heterocycles. The standard InChI is InChI=1S/C15H19N3O/c1-3-11-7-5-6-8-13(11)17-15(19)14-9-12(16)10-18(14)4-2/h5-10H,3-4,16H2,1-2H3,(H,17,19). The van der Waals surface area contributed by atoms with E-state index in [1.807, 2.05) is 35.8 Å². The summed E-state index contributed by atoms with van der Waals surface area (Å²) in [6.45, 7) is 4.77. The number of nitrogen functional groups attached to an aromatic ring is 1. The average Bonchev–Trinajstić information content (AvgIpc) is 2.80. The third kappa shape index (κ3) is 2.78. The molecule has 0 aliphatic carbocycles. The summed E-state index contributed by atoms with van der Waals surface area (Å²) in [5.41, 5.74) is 8.92. The minimum Gasteiger partial charge on any atom is -0.397 e. The summed E-state index contributed by atoms with van der Waals surface area (Å²) in [7, 11) is 0. The van der Waals surface area contributed by atoms with Crippen LogP contribution in [0.4, 0.5) is 11.4 Å². The number of carbonyl (C=O) groups excluding carboxylic acids is 1. The lowest BCUT2D eigenvalue weighted by Gasteiger charge is -2.10. The molecule has 0 radical (unpaired) electrons. The van der Waals surface area contributed by atoms with Crippen molar-refractivity contribution >= 4 is 17.3 Å². The lowest BCUT2D eigenvalue weighted by molar-refractivity contribution is 0.101. The first-order valence-electron chi connectivity index (χ1n) is 6.50. The Kier molecular flexibility index (Phi) is 3.90. The monoisotopic (exact) mass is 257 g/mol. The van der Waals surface area contributed by atoms with E-state index in [0.29, 0.717) is 11.4 Å². The van der Waals surface area contributed by atoms with Crippen molar-refractivity contribution in [3.8, 4) is 0 Å². The molecule has 1 heterocycles. The number of aromatic nitrogens is 1. The first kappa shape index (κ1) is 13.2. The number of rotatable bonds is 4. The van der Waals surface area contributed by atoms with Gasteiger partial charge in [-0.3, -0.25) is 4.79 Å². The Balaban J connectivity index is 2.25. The zero-order valence-corrected chi connectivity index (χ0v) is 11.3. The van der Waals surface area contributed by atoms with Crippen LogP contribution in [0.25, 0.3) is 0 Å². The maximum atomic E-state index is 12.3. The Morgan fingerprint density at radius 3 is 2.74 bits per heavy atom. The highest BCUT2D eigenvalue weighted by Gasteiger charge is 2.13. The molecule has 0 unspecified atom stereocenters. The molecule has 19 heavy (non-hydrogen) atoms. The first-order chi connectivity index (χ1) is 9.15. The van der Waals surface area contributed by atoms with E-state index in [-0.39, 0.29) is 5.91 Å². The van der Waals surface area contributed by atoms with Gasteiger partial charge in [-0.15, -0.1) is 0 Å². The fourth-order valence-electron chi connectivity index (χ4n) is 2.12. The Morgan fingerprint density at radius 1 is 1.32 bits per heavy atom. The normalized spacial score (nSPS) is 10.4. The second kappa shape index (κ2) is 5.61. The molecule has 2 rings (SSSR count). The Hall–Kier alpha value is -2.23. The second-order valence-electron chi connectivity index (χ2n) is 4.41. The van der Waals surface area contributed by atoms with Crippen LogP contribution in [-0.4, -0.2) is 10.5 Å². The van der Waals surface area contributed by atoms with Crippen LogP contribution in [-0.2, 0) is 13.0 Å². The summed E-state index contributed by atoms with van der Waals surface area (Å²) in [6.07, 6.45) is 2.66. The lowest BCUT2D eigenvalue weighted by atomic mass is 10.1. The van der Waals surface area contributed by atoms with Gasteiger partial charge in [0.1, 0.15) is 5.69 Å². The smallest absolute Gasteiger partial charge is 0.272 e. The van der Waals surface area contributed by atoms with Gasteiger partial charge in [0, 0.05) is 18.4 Å². The molecule has 0 aliphatic heterocycles. The minimum absolute atomic E-state index is 0.126. The molecule has 4 heteroatoms. The van der Waals surface area contributed by atoms with Crippen molar-refractivity contribution in [3.63, 3.8) is 0 Å². The van der Waals surface area contributed by atoms with Crippen molar-refractivity contribution in [1.82, 2.24) is 4.57 Å². The van der Waals surface area contributed by atoms with E-state index >= 15 is 0 Å². The van der Waals surface area contributed by atoms with E-state index in [9.17, 15) is 4.79 Å². The number of nitrogens with zero attached hydrogens (tertiary/aromatic N) is 1. The third-order valence-electron chi connectivity index (χ3n) is 3.14. The number of para-hydroxylation sites is 1. The molecule has 100 valence electrons. The van der Waals surface area contributed by atoms with Crippen LogP contribution in [0.3, 0.4) is 0 Å². The van der Waals surface area contributed by atoms with Crippen molar-refractivity contribution in [2.75, 3.05) is 11.1 Å². The molecule has 4 nitrogen and oxygen atoms in total. The van der Waals surface area contributed by atoms with Crippen molar-refractivity contribution < 1.29 is 4.79 Å². The predicted octanol–water partition coefficient (Wildman–Crippen LogP) is 2.90. The lowest BCUT2D eigenvalue weighted by Crippen LogP contribution is -2.17. The molecule has 3 N–H and O–H groups in total. The summed E-state index contributed by atoms with van der Waals surface area (Å²) in [5.74, 6) is -0.126. The highest BCUT2D eigenvalue weighted by molar-refractivity contribution is 6.04. The molecule has 1 aromatic heterocycles. The third-order valence-corrected chi connectivity index (χ3v) is 3.14. The van der Waals surface area contributed by atoms with Crippen LogP contribution in [0.2, 0.25) is 0 Å². The van der Waals surface area contributed by atoms with Gasteiger partial charge in [-0.1, -0.05) is 25.1 Å². The predicted molar refractivity (Wildman–Crippen MR) is 78.3 cm³/mol. The van der Waals surface area contributed by atoms with Gasteiger partial charge in [0.25, 0.3) is 5.91 Å².